The fraction of sp³-hybridized carbons (Fsp3) is 0.400. The Morgan fingerprint density at radius 3 is 2.62 bits per heavy atom. The molecule has 1 fully saturated rings. The third kappa shape index (κ3) is 4.13. The van der Waals surface area contributed by atoms with Crippen molar-refractivity contribution in [2.75, 3.05) is 13.1 Å². The Morgan fingerprint density at radius 1 is 1.33 bits per heavy atom. The van der Waals surface area contributed by atoms with Gasteiger partial charge < -0.3 is 14.7 Å². The summed E-state index contributed by atoms with van der Waals surface area (Å²) in [7, 11) is 0. The van der Waals surface area contributed by atoms with Gasteiger partial charge in [0.1, 0.15) is 0 Å². The van der Waals surface area contributed by atoms with Gasteiger partial charge in [0.05, 0.1) is 17.8 Å². The second kappa shape index (κ2) is 6.49. The first-order chi connectivity index (χ1) is 9.95. The monoisotopic (exact) mass is 290 g/mol. The highest BCUT2D eigenvalue weighted by atomic mass is 16.5. The Kier molecular flexibility index (Phi) is 4.70. The van der Waals surface area contributed by atoms with Crippen LogP contribution in [0.2, 0.25) is 0 Å². The molecule has 0 radical (unpaired) electrons. The standard InChI is InChI=1S/C15H18N2O4/c1-10-8-17(9-11(2)21-10)15(20)13-5-12(6-16-7-13)3-4-14(18)19/h3-7,10-11H,8-9H2,1-2H3,(H,18,19)/b4-3+/t10-,11+. The topological polar surface area (TPSA) is 79.7 Å². The van der Waals surface area contributed by atoms with Crippen LogP contribution >= 0.6 is 0 Å². The molecular weight excluding hydrogens is 272 g/mol. The number of hydrogen-bond donors (Lipinski definition) is 1. The van der Waals surface area contributed by atoms with Gasteiger partial charge in [-0.25, -0.2) is 4.79 Å². The SMILES string of the molecule is C[C@@H]1CN(C(=O)c2cncc(/C=C/C(=O)O)c2)C[C@H](C)O1. The largest absolute Gasteiger partial charge is 0.478 e. The molecule has 1 N–H and O–H groups in total. The molecule has 1 aromatic rings. The number of carbonyl (C=O) groups excluding carboxylic acids is 1. The van der Waals surface area contributed by atoms with E-state index in [-0.39, 0.29) is 18.1 Å². The number of amides is 1. The highest BCUT2D eigenvalue weighted by Gasteiger charge is 2.26. The molecule has 1 amide bonds. The van der Waals surface area contributed by atoms with Crippen molar-refractivity contribution in [3.8, 4) is 0 Å². The summed E-state index contributed by atoms with van der Waals surface area (Å²) in [5.41, 5.74) is 1.03. The molecule has 6 nitrogen and oxygen atoms in total. The van der Waals surface area contributed by atoms with Crippen molar-refractivity contribution >= 4 is 18.0 Å². The second-order valence-corrected chi connectivity index (χ2v) is 5.15. The summed E-state index contributed by atoms with van der Waals surface area (Å²) in [5.74, 6) is -1.15. The van der Waals surface area contributed by atoms with Crippen LogP contribution in [0, 0.1) is 0 Å². The van der Waals surface area contributed by atoms with Crippen molar-refractivity contribution in [3.05, 3.63) is 35.7 Å². The quantitative estimate of drug-likeness (QED) is 0.852. The maximum absolute atomic E-state index is 12.5. The normalized spacial score (nSPS) is 22.5. The fourth-order valence-electron chi connectivity index (χ4n) is 2.36. The third-order valence-corrected chi connectivity index (χ3v) is 3.13. The number of pyridine rings is 1. The van der Waals surface area contributed by atoms with E-state index in [2.05, 4.69) is 4.98 Å². The summed E-state index contributed by atoms with van der Waals surface area (Å²) in [6, 6.07) is 1.64. The molecule has 2 heterocycles. The molecule has 2 rings (SSSR count). The summed E-state index contributed by atoms with van der Waals surface area (Å²) in [6.07, 6.45) is 5.44. The van der Waals surface area contributed by atoms with E-state index in [1.54, 1.807) is 11.0 Å². The zero-order valence-corrected chi connectivity index (χ0v) is 12.0. The van der Waals surface area contributed by atoms with Gasteiger partial charge >= 0.3 is 5.97 Å². The number of nitrogens with zero attached hydrogens (tertiary/aromatic N) is 2. The minimum Gasteiger partial charge on any atom is -0.478 e. The van der Waals surface area contributed by atoms with E-state index in [1.807, 2.05) is 13.8 Å². The van der Waals surface area contributed by atoms with Crippen LogP contribution < -0.4 is 0 Å². The molecule has 1 saturated heterocycles. The lowest BCUT2D eigenvalue weighted by Gasteiger charge is -2.35. The maximum atomic E-state index is 12.5. The molecule has 0 unspecified atom stereocenters. The molecule has 1 aliphatic rings. The first-order valence-corrected chi connectivity index (χ1v) is 6.76. The van der Waals surface area contributed by atoms with Crippen molar-refractivity contribution in [2.45, 2.75) is 26.1 Å². The van der Waals surface area contributed by atoms with Crippen molar-refractivity contribution < 1.29 is 19.4 Å². The number of morpholine rings is 1. The highest BCUT2D eigenvalue weighted by molar-refractivity contribution is 5.95. The van der Waals surface area contributed by atoms with Gasteiger partial charge in [-0.05, 0) is 31.6 Å². The smallest absolute Gasteiger partial charge is 0.328 e. The summed E-state index contributed by atoms with van der Waals surface area (Å²) < 4.78 is 5.61. The number of rotatable bonds is 3. The molecule has 2 atom stereocenters. The fourth-order valence-corrected chi connectivity index (χ4v) is 2.36. The minimum atomic E-state index is -1.04. The van der Waals surface area contributed by atoms with Crippen LogP contribution in [0.1, 0.15) is 29.8 Å². The molecule has 112 valence electrons. The predicted molar refractivity (Wildman–Crippen MR) is 76.8 cm³/mol. The van der Waals surface area contributed by atoms with Crippen molar-refractivity contribution in [1.82, 2.24) is 9.88 Å². The molecule has 0 bridgehead atoms. The second-order valence-electron chi connectivity index (χ2n) is 5.15. The zero-order valence-electron chi connectivity index (χ0n) is 12.0. The summed E-state index contributed by atoms with van der Waals surface area (Å²) in [5, 5.41) is 8.62. The summed E-state index contributed by atoms with van der Waals surface area (Å²) >= 11 is 0. The van der Waals surface area contributed by atoms with E-state index in [0.29, 0.717) is 24.2 Å². The van der Waals surface area contributed by atoms with Gasteiger partial charge in [0.15, 0.2) is 0 Å². The van der Waals surface area contributed by atoms with Crippen LogP contribution in [0.25, 0.3) is 6.08 Å². The first kappa shape index (κ1) is 15.2. The number of aromatic nitrogens is 1. The number of ether oxygens (including phenoxy) is 1. The summed E-state index contributed by atoms with van der Waals surface area (Å²) in [4.78, 5) is 28.7. The highest BCUT2D eigenvalue weighted by Crippen LogP contribution is 2.15. The molecule has 0 aromatic carbocycles. The van der Waals surface area contributed by atoms with Crippen molar-refractivity contribution in [3.63, 3.8) is 0 Å². The van der Waals surface area contributed by atoms with Gasteiger partial charge in [-0.15, -0.1) is 0 Å². The Balaban J connectivity index is 2.15. The Bertz CT molecular complexity index is 561. The number of carbonyl (C=O) groups is 2. The van der Waals surface area contributed by atoms with Crippen LogP contribution in [-0.4, -0.2) is 52.2 Å². The lowest BCUT2D eigenvalue weighted by Crippen LogP contribution is -2.48. The van der Waals surface area contributed by atoms with Gasteiger partial charge in [0, 0.05) is 31.6 Å². The lowest BCUT2D eigenvalue weighted by molar-refractivity contribution is -0.131. The van der Waals surface area contributed by atoms with Gasteiger partial charge in [0.25, 0.3) is 5.91 Å². The Labute approximate surface area is 123 Å². The molecule has 6 heteroatoms. The molecule has 0 aliphatic carbocycles. The van der Waals surface area contributed by atoms with Crippen LogP contribution in [0.15, 0.2) is 24.5 Å². The molecule has 21 heavy (non-hydrogen) atoms. The van der Waals surface area contributed by atoms with Crippen molar-refractivity contribution in [2.24, 2.45) is 0 Å². The van der Waals surface area contributed by atoms with E-state index in [4.69, 9.17) is 9.84 Å². The number of aliphatic carboxylic acids is 1. The van der Waals surface area contributed by atoms with E-state index < -0.39 is 5.97 Å². The Hall–Kier alpha value is -2.21. The van der Waals surface area contributed by atoms with Gasteiger partial charge in [-0.1, -0.05) is 0 Å². The van der Waals surface area contributed by atoms with Crippen LogP contribution in [-0.2, 0) is 9.53 Å². The van der Waals surface area contributed by atoms with E-state index in [0.717, 1.165) is 6.08 Å². The predicted octanol–water partition coefficient (Wildman–Crippen LogP) is 1.43. The maximum Gasteiger partial charge on any atom is 0.328 e. The number of hydrogen-bond acceptors (Lipinski definition) is 4. The number of carboxylic acids is 1. The van der Waals surface area contributed by atoms with Crippen LogP contribution in [0.3, 0.4) is 0 Å². The molecule has 0 saturated carbocycles. The minimum absolute atomic E-state index is 0.000693. The van der Waals surface area contributed by atoms with E-state index >= 15 is 0 Å². The van der Waals surface area contributed by atoms with Gasteiger partial charge in [-0.2, -0.15) is 0 Å². The average molecular weight is 290 g/mol. The van der Waals surface area contributed by atoms with E-state index in [1.165, 1.54) is 18.5 Å². The zero-order chi connectivity index (χ0) is 15.4. The lowest BCUT2D eigenvalue weighted by atomic mass is 10.1. The molecular formula is C15H18N2O4. The number of carboxylic acid groups (broad SMARTS) is 1. The van der Waals surface area contributed by atoms with Gasteiger partial charge in [0.2, 0.25) is 0 Å². The molecule has 0 spiro atoms. The first-order valence-electron chi connectivity index (χ1n) is 6.76. The van der Waals surface area contributed by atoms with Crippen molar-refractivity contribution in [1.29, 1.82) is 0 Å². The average Bonchev–Trinajstić information content (AvgIpc) is 2.43. The summed E-state index contributed by atoms with van der Waals surface area (Å²) in [6.45, 7) is 4.94. The Morgan fingerprint density at radius 2 is 2.00 bits per heavy atom. The molecule has 1 aromatic heterocycles. The van der Waals surface area contributed by atoms with E-state index in [9.17, 15) is 9.59 Å². The molecule has 1 aliphatic heterocycles. The third-order valence-electron chi connectivity index (χ3n) is 3.13. The van der Waals surface area contributed by atoms with Crippen LogP contribution in [0.4, 0.5) is 0 Å². The van der Waals surface area contributed by atoms with Crippen LogP contribution in [0.5, 0.6) is 0 Å². The van der Waals surface area contributed by atoms with Gasteiger partial charge in [-0.3, -0.25) is 9.78 Å².